The lowest BCUT2D eigenvalue weighted by Gasteiger charge is -2.25. The Kier molecular flexibility index (Phi) is 5.48. The molecule has 0 saturated heterocycles. The van der Waals surface area contributed by atoms with Gasteiger partial charge in [-0.05, 0) is 43.7 Å². The van der Waals surface area contributed by atoms with Gasteiger partial charge in [0.05, 0.1) is 5.69 Å². The Morgan fingerprint density at radius 1 is 1.10 bits per heavy atom. The van der Waals surface area contributed by atoms with E-state index in [9.17, 15) is 0 Å². The van der Waals surface area contributed by atoms with E-state index in [0.29, 0.717) is 0 Å². The molecular weight excluding hydrogens is 258 g/mol. The summed E-state index contributed by atoms with van der Waals surface area (Å²) in [5.74, 6) is 0. The number of benzene rings is 1. The van der Waals surface area contributed by atoms with E-state index in [2.05, 4.69) is 60.1 Å². The van der Waals surface area contributed by atoms with E-state index >= 15 is 0 Å². The van der Waals surface area contributed by atoms with Crippen molar-refractivity contribution >= 4 is 0 Å². The Morgan fingerprint density at radius 2 is 1.86 bits per heavy atom. The second kappa shape index (κ2) is 7.34. The van der Waals surface area contributed by atoms with Crippen molar-refractivity contribution in [3.8, 4) is 0 Å². The minimum Gasteiger partial charge on any atom is -0.323 e. The summed E-state index contributed by atoms with van der Waals surface area (Å²) >= 11 is 0. The average Bonchev–Trinajstić information content (AvgIpc) is 2.47. The molecule has 1 unspecified atom stereocenters. The maximum Gasteiger partial charge on any atom is 0.0547 e. The minimum absolute atomic E-state index is 0.0379. The highest BCUT2D eigenvalue weighted by Gasteiger charge is 2.13. The van der Waals surface area contributed by atoms with Crippen molar-refractivity contribution in [3.05, 3.63) is 65.0 Å². The number of likely N-dealkylation sites (N-methyl/N-ethyl adjacent to an activating group) is 1. The first-order valence-electron chi connectivity index (χ1n) is 7.56. The van der Waals surface area contributed by atoms with E-state index in [-0.39, 0.29) is 6.04 Å². The van der Waals surface area contributed by atoms with E-state index in [1.54, 1.807) is 0 Å². The van der Waals surface area contributed by atoms with Gasteiger partial charge in [-0.2, -0.15) is 0 Å². The van der Waals surface area contributed by atoms with Gasteiger partial charge in [-0.15, -0.1) is 0 Å². The lowest BCUT2D eigenvalue weighted by Crippen LogP contribution is -2.32. The van der Waals surface area contributed by atoms with E-state index < -0.39 is 0 Å². The summed E-state index contributed by atoms with van der Waals surface area (Å²) in [7, 11) is 0. The van der Waals surface area contributed by atoms with E-state index in [1.807, 2.05) is 13.0 Å². The third-order valence-electron chi connectivity index (χ3n) is 3.82. The highest BCUT2D eigenvalue weighted by atomic mass is 15.1. The number of aromatic nitrogens is 1. The zero-order valence-electron chi connectivity index (χ0n) is 13.2. The fourth-order valence-electron chi connectivity index (χ4n) is 2.60. The smallest absolute Gasteiger partial charge is 0.0547 e. The lowest BCUT2D eigenvalue weighted by atomic mass is 10.0. The summed E-state index contributed by atoms with van der Waals surface area (Å²) < 4.78 is 0. The highest BCUT2D eigenvalue weighted by Crippen LogP contribution is 2.17. The van der Waals surface area contributed by atoms with E-state index in [0.717, 1.165) is 31.0 Å². The zero-order valence-corrected chi connectivity index (χ0v) is 13.2. The van der Waals surface area contributed by atoms with Gasteiger partial charge in [0, 0.05) is 24.8 Å². The molecule has 2 aromatic rings. The van der Waals surface area contributed by atoms with Crippen molar-refractivity contribution in [2.75, 3.05) is 13.1 Å². The largest absolute Gasteiger partial charge is 0.323 e. The quantitative estimate of drug-likeness (QED) is 0.885. The van der Waals surface area contributed by atoms with E-state index in [1.165, 1.54) is 11.1 Å². The molecule has 112 valence electrons. The first-order valence-corrected chi connectivity index (χ1v) is 7.56. The highest BCUT2D eigenvalue weighted by molar-refractivity contribution is 5.28. The van der Waals surface area contributed by atoms with Crippen LogP contribution >= 0.6 is 0 Å². The van der Waals surface area contributed by atoms with Crippen LogP contribution < -0.4 is 5.73 Å². The third-order valence-corrected chi connectivity index (χ3v) is 3.82. The van der Waals surface area contributed by atoms with Crippen LogP contribution in [0.25, 0.3) is 0 Å². The summed E-state index contributed by atoms with van der Waals surface area (Å²) in [4.78, 5) is 6.92. The summed E-state index contributed by atoms with van der Waals surface area (Å²) in [5, 5.41) is 0. The molecule has 1 aromatic heterocycles. The van der Waals surface area contributed by atoms with Crippen LogP contribution in [0.15, 0.2) is 42.5 Å². The Hall–Kier alpha value is -1.71. The van der Waals surface area contributed by atoms with Crippen molar-refractivity contribution in [2.45, 2.75) is 33.4 Å². The monoisotopic (exact) mass is 283 g/mol. The van der Waals surface area contributed by atoms with Gasteiger partial charge in [0.15, 0.2) is 0 Å². The molecule has 0 spiro atoms. The standard InChI is InChI=1S/C18H25N3/c1-4-21(12-16-10-7-9-15(3)20-16)13-18(19)17-11-6-5-8-14(17)2/h5-11,18H,4,12-13,19H2,1-3H3. The molecule has 0 radical (unpaired) electrons. The number of hydrogen-bond donors (Lipinski definition) is 1. The van der Waals surface area contributed by atoms with Crippen LogP contribution in [0.5, 0.6) is 0 Å². The summed E-state index contributed by atoms with van der Waals surface area (Å²) in [6, 6.07) is 14.6. The van der Waals surface area contributed by atoms with Crippen LogP contribution in [0, 0.1) is 13.8 Å². The number of hydrogen-bond acceptors (Lipinski definition) is 3. The average molecular weight is 283 g/mol. The Bertz CT molecular complexity index is 580. The van der Waals surface area contributed by atoms with Crippen molar-refractivity contribution in [2.24, 2.45) is 5.73 Å². The molecule has 2 N–H and O–H groups in total. The van der Waals surface area contributed by atoms with Crippen molar-refractivity contribution in [3.63, 3.8) is 0 Å². The first-order chi connectivity index (χ1) is 10.1. The van der Waals surface area contributed by atoms with Crippen molar-refractivity contribution < 1.29 is 0 Å². The zero-order chi connectivity index (χ0) is 15.2. The molecule has 0 amide bonds. The van der Waals surface area contributed by atoms with Crippen LogP contribution in [0.3, 0.4) is 0 Å². The molecule has 3 nitrogen and oxygen atoms in total. The Balaban J connectivity index is 2.04. The van der Waals surface area contributed by atoms with Crippen LogP contribution in [0.4, 0.5) is 0 Å². The molecule has 1 heterocycles. The van der Waals surface area contributed by atoms with Crippen LogP contribution in [-0.2, 0) is 6.54 Å². The number of aryl methyl sites for hydroxylation is 2. The van der Waals surface area contributed by atoms with Crippen molar-refractivity contribution in [1.29, 1.82) is 0 Å². The predicted molar refractivity (Wildman–Crippen MR) is 88.0 cm³/mol. The summed E-state index contributed by atoms with van der Waals surface area (Å²) in [6.07, 6.45) is 0. The van der Waals surface area contributed by atoms with Crippen LogP contribution in [-0.4, -0.2) is 23.0 Å². The Labute approximate surface area is 127 Å². The maximum absolute atomic E-state index is 6.39. The third kappa shape index (κ3) is 4.38. The molecule has 0 bridgehead atoms. The van der Waals surface area contributed by atoms with Gasteiger partial charge in [0.1, 0.15) is 0 Å². The number of rotatable bonds is 6. The second-order valence-corrected chi connectivity index (χ2v) is 5.56. The van der Waals surface area contributed by atoms with Crippen LogP contribution in [0.2, 0.25) is 0 Å². The van der Waals surface area contributed by atoms with Gasteiger partial charge in [0.25, 0.3) is 0 Å². The molecule has 0 aliphatic carbocycles. The summed E-state index contributed by atoms with van der Waals surface area (Å²) in [5.41, 5.74) is 11.0. The molecule has 1 atom stereocenters. The molecule has 0 fully saturated rings. The van der Waals surface area contributed by atoms with Crippen LogP contribution in [0.1, 0.15) is 35.5 Å². The fraction of sp³-hybridized carbons (Fsp3) is 0.389. The second-order valence-electron chi connectivity index (χ2n) is 5.56. The molecule has 21 heavy (non-hydrogen) atoms. The lowest BCUT2D eigenvalue weighted by molar-refractivity contribution is 0.259. The molecule has 1 aromatic carbocycles. The molecule has 0 saturated carbocycles. The van der Waals surface area contributed by atoms with Gasteiger partial charge in [0.2, 0.25) is 0 Å². The molecule has 0 aliphatic rings. The summed E-state index contributed by atoms with van der Waals surface area (Å²) in [6.45, 7) is 8.97. The SMILES string of the molecule is CCN(Cc1cccc(C)n1)CC(N)c1ccccc1C. The first kappa shape index (κ1) is 15.7. The number of nitrogens with two attached hydrogens (primary N) is 1. The molecule has 0 aliphatic heterocycles. The Morgan fingerprint density at radius 3 is 2.52 bits per heavy atom. The van der Waals surface area contributed by atoms with E-state index in [4.69, 9.17) is 5.73 Å². The minimum atomic E-state index is 0.0379. The maximum atomic E-state index is 6.39. The van der Waals surface area contributed by atoms with Gasteiger partial charge in [-0.1, -0.05) is 37.3 Å². The number of pyridine rings is 1. The molecule has 2 rings (SSSR count). The van der Waals surface area contributed by atoms with Gasteiger partial charge < -0.3 is 5.73 Å². The topological polar surface area (TPSA) is 42.2 Å². The van der Waals surface area contributed by atoms with Gasteiger partial charge in [-0.3, -0.25) is 9.88 Å². The van der Waals surface area contributed by atoms with Gasteiger partial charge in [-0.25, -0.2) is 0 Å². The molecular formula is C18H25N3. The van der Waals surface area contributed by atoms with Gasteiger partial charge >= 0.3 is 0 Å². The normalized spacial score (nSPS) is 12.6. The van der Waals surface area contributed by atoms with Crippen molar-refractivity contribution in [1.82, 2.24) is 9.88 Å². The fourth-order valence-corrected chi connectivity index (χ4v) is 2.60. The molecule has 3 heteroatoms. The predicted octanol–water partition coefficient (Wildman–Crippen LogP) is 3.22. The number of nitrogens with zero attached hydrogens (tertiary/aromatic N) is 2.